The molecule has 0 bridgehead atoms. The standard InChI is InChI=1S/C23H34O4/c1-15(24)26-14-23-12-5-4-6-17(23)7-8-18-19-9-10-21(27-16(2)25)22(19,3)13-11-20(18)23/h6,18-21H,4-5,7-14H2,1-3H3/t18-,19-,20-,21?,22-,23+/m0/s1. The molecule has 3 fully saturated rings. The van der Waals surface area contributed by atoms with Crippen LogP contribution in [0.25, 0.3) is 0 Å². The van der Waals surface area contributed by atoms with Gasteiger partial charge in [-0.2, -0.15) is 0 Å². The Morgan fingerprint density at radius 1 is 1.07 bits per heavy atom. The molecule has 4 aliphatic carbocycles. The first-order valence-electron chi connectivity index (χ1n) is 10.9. The van der Waals surface area contributed by atoms with E-state index in [0.717, 1.165) is 38.5 Å². The molecule has 4 heteroatoms. The van der Waals surface area contributed by atoms with Crippen molar-refractivity contribution in [2.24, 2.45) is 28.6 Å². The van der Waals surface area contributed by atoms with E-state index in [9.17, 15) is 9.59 Å². The van der Waals surface area contributed by atoms with E-state index in [4.69, 9.17) is 9.47 Å². The van der Waals surface area contributed by atoms with E-state index in [1.165, 1.54) is 33.1 Å². The zero-order chi connectivity index (χ0) is 19.2. The Labute approximate surface area is 163 Å². The average molecular weight is 375 g/mol. The second-order valence-corrected chi connectivity index (χ2v) is 9.69. The fourth-order valence-corrected chi connectivity index (χ4v) is 7.38. The van der Waals surface area contributed by atoms with Crippen LogP contribution in [0.1, 0.15) is 78.6 Å². The van der Waals surface area contributed by atoms with Crippen molar-refractivity contribution in [3.05, 3.63) is 11.6 Å². The number of allylic oxidation sites excluding steroid dienone is 1. The molecule has 0 aliphatic heterocycles. The molecule has 0 aromatic carbocycles. The lowest BCUT2D eigenvalue weighted by atomic mass is 9.47. The van der Waals surface area contributed by atoms with Crippen molar-refractivity contribution in [2.75, 3.05) is 6.61 Å². The molecule has 1 unspecified atom stereocenters. The van der Waals surface area contributed by atoms with Crippen LogP contribution in [0, 0.1) is 28.6 Å². The monoisotopic (exact) mass is 374 g/mol. The van der Waals surface area contributed by atoms with Crippen LogP contribution in [0.15, 0.2) is 11.6 Å². The summed E-state index contributed by atoms with van der Waals surface area (Å²) >= 11 is 0. The highest BCUT2D eigenvalue weighted by Gasteiger charge is 2.61. The summed E-state index contributed by atoms with van der Waals surface area (Å²) in [6.07, 6.45) is 12.9. The van der Waals surface area contributed by atoms with E-state index >= 15 is 0 Å². The van der Waals surface area contributed by atoms with E-state index in [-0.39, 0.29) is 28.9 Å². The van der Waals surface area contributed by atoms with Gasteiger partial charge in [-0.05, 0) is 75.5 Å². The first-order chi connectivity index (χ1) is 12.9. The van der Waals surface area contributed by atoms with Crippen LogP contribution in [0.2, 0.25) is 0 Å². The van der Waals surface area contributed by atoms with Gasteiger partial charge in [-0.15, -0.1) is 0 Å². The third kappa shape index (κ3) is 3.03. The summed E-state index contributed by atoms with van der Waals surface area (Å²) in [4.78, 5) is 23.2. The van der Waals surface area contributed by atoms with Crippen molar-refractivity contribution in [3.8, 4) is 0 Å². The number of esters is 2. The summed E-state index contributed by atoms with van der Waals surface area (Å²) in [5, 5.41) is 0. The number of carbonyl (C=O) groups excluding carboxylic acids is 2. The Hall–Kier alpha value is -1.32. The molecule has 3 saturated carbocycles. The molecule has 0 aromatic heterocycles. The van der Waals surface area contributed by atoms with E-state index in [1.807, 2.05) is 0 Å². The molecule has 6 atom stereocenters. The molecule has 0 heterocycles. The summed E-state index contributed by atoms with van der Waals surface area (Å²) in [5.74, 6) is 1.59. The van der Waals surface area contributed by atoms with Gasteiger partial charge in [-0.1, -0.05) is 18.6 Å². The van der Waals surface area contributed by atoms with Gasteiger partial charge in [0.25, 0.3) is 0 Å². The topological polar surface area (TPSA) is 52.6 Å². The lowest BCUT2D eigenvalue weighted by molar-refractivity contribution is -0.159. The highest BCUT2D eigenvalue weighted by atomic mass is 16.5. The number of hydrogen-bond donors (Lipinski definition) is 0. The van der Waals surface area contributed by atoms with Gasteiger partial charge in [0.15, 0.2) is 0 Å². The van der Waals surface area contributed by atoms with E-state index < -0.39 is 0 Å². The molecule has 27 heavy (non-hydrogen) atoms. The van der Waals surface area contributed by atoms with Crippen LogP contribution in [0.5, 0.6) is 0 Å². The minimum atomic E-state index is -0.159. The molecule has 0 N–H and O–H groups in total. The quantitative estimate of drug-likeness (QED) is 0.525. The van der Waals surface area contributed by atoms with Crippen LogP contribution < -0.4 is 0 Å². The maximum Gasteiger partial charge on any atom is 0.302 e. The maximum absolute atomic E-state index is 11.6. The first-order valence-corrected chi connectivity index (χ1v) is 10.9. The zero-order valence-electron chi connectivity index (χ0n) is 17.1. The molecular weight excluding hydrogens is 340 g/mol. The summed E-state index contributed by atoms with van der Waals surface area (Å²) in [7, 11) is 0. The van der Waals surface area contributed by atoms with Crippen molar-refractivity contribution in [2.45, 2.75) is 84.7 Å². The van der Waals surface area contributed by atoms with Crippen molar-refractivity contribution >= 4 is 11.9 Å². The van der Waals surface area contributed by atoms with Crippen molar-refractivity contribution < 1.29 is 19.1 Å². The van der Waals surface area contributed by atoms with Gasteiger partial charge < -0.3 is 9.47 Å². The Morgan fingerprint density at radius 3 is 2.63 bits per heavy atom. The highest BCUT2D eigenvalue weighted by molar-refractivity contribution is 5.66. The number of fused-ring (bicyclic) bond motifs is 5. The zero-order valence-corrected chi connectivity index (χ0v) is 17.1. The molecule has 0 spiro atoms. The Morgan fingerprint density at radius 2 is 1.89 bits per heavy atom. The van der Waals surface area contributed by atoms with Gasteiger partial charge in [0, 0.05) is 24.7 Å². The third-order valence-corrected chi connectivity index (χ3v) is 8.51. The van der Waals surface area contributed by atoms with Gasteiger partial charge >= 0.3 is 11.9 Å². The molecule has 150 valence electrons. The van der Waals surface area contributed by atoms with Crippen LogP contribution >= 0.6 is 0 Å². The van der Waals surface area contributed by atoms with Crippen molar-refractivity contribution in [3.63, 3.8) is 0 Å². The normalized spacial score (nSPS) is 43.0. The number of carbonyl (C=O) groups is 2. The lowest BCUT2D eigenvalue weighted by Crippen LogP contribution is -2.53. The Bertz CT molecular complexity index is 653. The molecule has 4 aliphatic rings. The Kier molecular flexibility index (Phi) is 4.88. The van der Waals surface area contributed by atoms with Gasteiger partial charge in [0.1, 0.15) is 12.7 Å². The van der Waals surface area contributed by atoms with Crippen LogP contribution in [-0.4, -0.2) is 24.6 Å². The molecule has 4 nitrogen and oxygen atoms in total. The summed E-state index contributed by atoms with van der Waals surface area (Å²) in [6, 6.07) is 0. The minimum Gasteiger partial charge on any atom is -0.465 e. The number of rotatable bonds is 3. The molecule has 0 amide bonds. The summed E-state index contributed by atoms with van der Waals surface area (Å²) in [5.41, 5.74) is 1.74. The summed E-state index contributed by atoms with van der Waals surface area (Å²) in [6.45, 7) is 5.99. The number of ether oxygens (including phenoxy) is 2. The fraction of sp³-hybridized carbons (Fsp3) is 0.826. The fourth-order valence-electron chi connectivity index (χ4n) is 7.38. The minimum absolute atomic E-state index is 0.0632. The smallest absolute Gasteiger partial charge is 0.302 e. The van der Waals surface area contributed by atoms with Crippen LogP contribution in [0.4, 0.5) is 0 Å². The molecule has 0 saturated heterocycles. The molecule has 0 aromatic rings. The predicted molar refractivity (Wildman–Crippen MR) is 103 cm³/mol. The molecule has 4 rings (SSSR count). The molecule has 0 radical (unpaired) electrons. The predicted octanol–water partition coefficient (Wildman–Crippen LogP) is 4.81. The van der Waals surface area contributed by atoms with Gasteiger partial charge in [0.2, 0.25) is 0 Å². The van der Waals surface area contributed by atoms with Crippen molar-refractivity contribution in [1.29, 1.82) is 0 Å². The molecular formula is C23H34O4. The second kappa shape index (κ2) is 6.93. The average Bonchev–Trinajstić information content (AvgIpc) is 2.95. The third-order valence-electron chi connectivity index (χ3n) is 8.51. The Balaban J connectivity index is 1.63. The van der Waals surface area contributed by atoms with E-state index in [1.54, 1.807) is 5.57 Å². The van der Waals surface area contributed by atoms with Crippen LogP contribution in [0.3, 0.4) is 0 Å². The van der Waals surface area contributed by atoms with Gasteiger partial charge in [-0.25, -0.2) is 0 Å². The van der Waals surface area contributed by atoms with E-state index in [0.29, 0.717) is 24.4 Å². The second-order valence-electron chi connectivity index (χ2n) is 9.69. The summed E-state index contributed by atoms with van der Waals surface area (Å²) < 4.78 is 11.4. The van der Waals surface area contributed by atoms with Crippen LogP contribution in [-0.2, 0) is 19.1 Å². The van der Waals surface area contributed by atoms with Crippen molar-refractivity contribution in [1.82, 2.24) is 0 Å². The van der Waals surface area contributed by atoms with Gasteiger partial charge in [0.05, 0.1) is 0 Å². The number of hydrogen-bond acceptors (Lipinski definition) is 4. The van der Waals surface area contributed by atoms with E-state index in [2.05, 4.69) is 13.0 Å². The first kappa shape index (κ1) is 19.0. The SMILES string of the molecule is CC(=O)OC[C@]12CCCC=C1CC[C@@H]1[C@@H]2CC[C@]2(C)C(OC(C)=O)CC[C@@H]12. The van der Waals surface area contributed by atoms with Gasteiger partial charge in [-0.3, -0.25) is 9.59 Å². The highest BCUT2D eigenvalue weighted by Crippen LogP contribution is 2.65. The maximum atomic E-state index is 11.6. The lowest BCUT2D eigenvalue weighted by Gasteiger charge is -2.58. The largest absolute Gasteiger partial charge is 0.465 e.